The number of hydrogen-bond acceptors (Lipinski definition) is 7. The molecular weight excluding hydrogens is 378 g/mol. The molecule has 2 aromatic rings. The Kier molecular flexibility index (Phi) is 7.15. The van der Waals surface area contributed by atoms with Gasteiger partial charge in [-0.05, 0) is 64.0 Å². The van der Waals surface area contributed by atoms with Crippen molar-refractivity contribution in [3.05, 3.63) is 35.5 Å². The van der Waals surface area contributed by atoms with Gasteiger partial charge in [-0.25, -0.2) is 9.97 Å². The quantitative estimate of drug-likeness (QED) is 0.647. The lowest BCUT2D eigenvalue weighted by molar-refractivity contribution is 0.0378. The molecule has 0 amide bonds. The molecule has 0 unspecified atom stereocenters. The zero-order chi connectivity index (χ0) is 20.8. The van der Waals surface area contributed by atoms with Gasteiger partial charge in [0.1, 0.15) is 17.7 Å². The maximum Gasteiger partial charge on any atom is 0.161 e. The number of nitrogens with one attached hydrogen (secondary N) is 2. The summed E-state index contributed by atoms with van der Waals surface area (Å²) in [5.74, 6) is 2.58. The van der Waals surface area contributed by atoms with Crippen LogP contribution in [0.4, 0.5) is 5.82 Å². The molecule has 0 aliphatic carbocycles. The van der Waals surface area contributed by atoms with Crippen LogP contribution in [0.2, 0.25) is 0 Å². The number of rotatable bonds is 8. The van der Waals surface area contributed by atoms with Gasteiger partial charge in [0.2, 0.25) is 0 Å². The third-order valence-electron chi connectivity index (χ3n) is 5.87. The molecule has 2 fully saturated rings. The molecule has 2 saturated heterocycles. The Labute approximate surface area is 179 Å². The van der Waals surface area contributed by atoms with E-state index in [1.165, 1.54) is 0 Å². The predicted octanol–water partition coefficient (Wildman–Crippen LogP) is 2.64. The van der Waals surface area contributed by atoms with E-state index in [0.29, 0.717) is 0 Å². The molecule has 162 valence electrons. The summed E-state index contributed by atoms with van der Waals surface area (Å²) in [4.78, 5) is 12.0. The number of anilines is 1. The Bertz CT molecular complexity index is 815. The Morgan fingerprint density at radius 3 is 2.70 bits per heavy atom. The normalized spacial score (nSPS) is 19.7. The second-order valence-electron chi connectivity index (χ2n) is 8.10. The highest BCUT2D eigenvalue weighted by atomic mass is 16.5. The number of aryl methyl sites for hydroxylation is 1. The molecule has 1 atom stereocenters. The van der Waals surface area contributed by atoms with Crippen LogP contribution < -0.4 is 15.4 Å². The van der Waals surface area contributed by atoms with E-state index in [9.17, 15) is 0 Å². The highest BCUT2D eigenvalue weighted by Crippen LogP contribution is 2.24. The van der Waals surface area contributed by atoms with Crippen LogP contribution in [-0.2, 0) is 4.74 Å². The van der Waals surface area contributed by atoms with E-state index in [-0.39, 0.29) is 6.10 Å². The molecule has 0 spiro atoms. The van der Waals surface area contributed by atoms with Crippen molar-refractivity contribution in [1.29, 1.82) is 0 Å². The van der Waals surface area contributed by atoms with Crippen molar-refractivity contribution < 1.29 is 9.47 Å². The van der Waals surface area contributed by atoms with Crippen molar-refractivity contribution in [3.8, 4) is 17.1 Å². The summed E-state index contributed by atoms with van der Waals surface area (Å²) in [7, 11) is 0. The van der Waals surface area contributed by atoms with Gasteiger partial charge in [0.05, 0.1) is 13.2 Å². The molecule has 1 aromatic heterocycles. The van der Waals surface area contributed by atoms with Gasteiger partial charge in [0.25, 0.3) is 0 Å². The Hall–Kier alpha value is -2.22. The summed E-state index contributed by atoms with van der Waals surface area (Å²) < 4.78 is 11.4. The third kappa shape index (κ3) is 5.47. The Balaban J connectivity index is 1.36. The summed E-state index contributed by atoms with van der Waals surface area (Å²) >= 11 is 0. The average molecular weight is 412 g/mol. The van der Waals surface area contributed by atoms with Crippen LogP contribution in [0.15, 0.2) is 24.3 Å². The van der Waals surface area contributed by atoms with Gasteiger partial charge in [-0.3, -0.25) is 4.90 Å². The van der Waals surface area contributed by atoms with Crippen LogP contribution in [0.5, 0.6) is 5.75 Å². The monoisotopic (exact) mass is 411 g/mol. The van der Waals surface area contributed by atoms with Gasteiger partial charge in [-0.2, -0.15) is 0 Å². The van der Waals surface area contributed by atoms with Gasteiger partial charge >= 0.3 is 0 Å². The second-order valence-corrected chi connectivity index (χ2v) is 8.10. The van der Waals surface area contributed by atoms with Crippen molar-refractivity contribution >= 4 is 5.82 Å². The van der Waals surface area contributed by atoms with Gasteiger partial charge in [0, 0.05) is 43.0 Å². The second kappa shape index (κ2) is 10.2. The number of aromatic nitrogens is 2. The number of ether oxygens (including phenoxy) is 2. The topological polar surface area (TPSA) is 71.5 Å². The number of morpholine rings is 1. The van der Waals surface area contributed by atoms with E-state index < -0.39 is 0 Å². The van der Waals surface area contributed by atoms with Crippen LogP contribution >= 0.6 is 0 Å². The standard InChI is InChI=1S/C23H33N5O2/c1-17-18(2)26-23(19-4-6-20(7-5-19)30-21-8-10-24-16-21)27-22(17)25-9-3-11-28-12-14-29-15-13-28/h4-7,21,24H,3,8-16H2,1-2H3,(H,25,26,27)/t21-/m1/s1. The fraction of sp³-hybridized carbons (Fsp3) is 0.565. The maximum atomic E-state index is 6.02. The maximum absolute atomic E-state index is 6.02. The minimum atomic E-state index is 0.266. The van der Waals surface area contributed by atoms with Crippen molar-refractivity contribution in [2.75, 3.05) is 57.8 Å². The van der Waals surface area contributed by atoms with E-state index in [4.69, 9.17) is 19.4 Å². The average Bonchev–Trinajstić information content (AvgIpc) is 3.28. The lowest BCUT2D eigenvalue weighted by atomic mass is 10.1. The van der Waals surface area contributed by atoms with Gasteiger partial charge in [0.15, 0.2) is 5.82 Å². The Morgan fingerprint density at radius 1 is 1.17 bits per heavy atom. The van der Waals surface area contributed by atoms with E-state index in [0.717, 1.165) is 99.5 Å². The Morgan fingerprint density at radius 2 is 1.97 bits per heavy atom. The first-order chi connectivity index (χ1) is 14.7. The molecule has 7 heteroatoms. The molecule has 1 aromatic carbocycles. The van der Waals surface area contributed by atoms with Crippen molar-refractivity contribution in [3.63, 3.8) is 0 Å². The minimum absolute atomic E-state index is 0.266. The molecule has 2 aliphatic rings. The summed E-state index contributed by atoms with van der Waals surface area (Å²) in [6, 6.07) is 8.12. The molecular formula is C23H33N5O2. The van der Waals surface area contributed by atoms with Crippen molar-refractivity contribution in [2.24, 2.45) is 0 Å². The fourth-order valence-corrected chi connectivity index (χ4v) is 3.87. The number of benzene rings is 1. The lowest BCUT2D eigenvalue weighted by Gasteiger charge is -2.26. The first kappa shape index (κ1) is 21.0. The number of nitrogens with zero attached hydrogens (tertiary/aromatic N) is 3. The molecule has 4 rings (SSSR count). The molecule has 0 bridgehead atoms. The van der Waals surface area contributed by atoms with E-state index in [1.807, 2.05) is 31.2 Å². The fourth-order valence-electron chi connectivity index (χ4n) is 3.87. The molecule has 3 heterocycles. The van der Waals surface area contributed by atoms with Crippen LogP contribution in [0, 0.1) is 13.8 Å². The van der Waals surface area contributed by atoms with Crippen LogP contribution in [-0.4, -0.2) is 73.5 Å². The summed E-state index contributed by atoms with van der Waals surface area (Å²) in [5, 5.41) is 6.85. The molecule has 30 heavy (non-hydrogen) atoms. The highest BCUT2D eigenvalue weighted by molar-refractivity contribution is 5.60. The van der Waals surface area contributed by atoms with Crippen molar-refractivity contribution in [2.45, 2.75) is 32.8 Å². The molecule has 0 radical (unpaired) electrons. The molecule has 2 aliphatic heterocycles. The van der Waals surface area contributed by atoms with Gasteiger partial charge < -0.3 is 20.1 Å². The summed E-state index contributed by atoms with van der Waals surface area (Å²) in [6.07, 6.45) is 2.41. The largest absolute Gasteiger partial charge is 0.489 e. The zero-order valence-electron chi connectivity index (χ0n) is 18.1. The zero-order valence-corrected chi connectivity index (χ0v) is 18.1. The minimum Gasteiger partial charge on any atom is -0.489 e. The first-order valence-corrected chi connectivity index (χ1v) is 11.1. The molecule has 0 saturated carbocycles. The highest BCUT2D eigenvalue weighted by Gasteiger charge is 2.16. The van der Waals surface area contributed by atoms with Gasteiger partial charge in [-0.1, -0.05) is 0 Å². The third-order valence-corrected chi connectivity index (χ3v) is 5.87. The first-order valence-electron chi connectivity index (χ1n) is 11.1. The summed E-state index contributed by atoms with van der Waals surface area (Å²) in [5.41, 5.74) is 3.12. The predicted molar refractivity (Wildman–Crippen MR) is 119 cm³/mol. The number of hydrogen-bond donors (Lipinski definition) is 2. The summed E-state index contributed by atoms with van der Waals surface area (Å²) in [6.45, 7) is 11.8. The van der Waals surface area contributed by atoms with E-state index in [2.05, 4.69) is 22.5 Å². The van der Waals surface area contributed by atoms with E-state index >= 15 is 0 Å². The van der Waals surface area contributed by atoms with Crippen LogP contribution in [0.3, 0.4) is 0 Å². The molecule has 7 nitrogen and oxygen atoms in total. The molecule has 2 N–H and O–H groups in total. The van der Waals surface area contributed by atoms with Crippen molar-refractivity contribution in [1.82, 2.24) is 20.2 Å². The van der Waals surface area contributed by atoms with E-state index in [1.54, 1.807) is 0 Å². The lowest BCUT2D eigenvalue weighted by Crippen LogP contribution is -2.37. The SMILES string of the molecule is Cc1nc(-c2ccc(O[C@@H]3CCNC3)cc2)nc(NCCCN2CCOCC2)c1C. The van der Waals surface area contributed by atoms with Crippen LogP contribution in [0.1, 0.15) is 24.1 Å². The van der Waals surface area contributed by atoms with Gasteiger partial charge in [-0.15, -0.1) is 0 Å². The van der Waals surface area contributed by atoms with Crippen LogP contribution in [0.25, 0.3) is 11.4 Å². The smallest absolute Gasteiger partial charge is 0.161 e.